The van der Waals surface area contributed by atoms with E-state index in [9.17, 15) is 5.11 Å². The zero-order chi connectivity index (χ0) is 22.6. The molecule has 1 aliphatic rings. The Morgan fingerprint density at radius 2 is 1.97 bits per heavy atom. The molecule has 33 heavy (non-hydrogen) atoms. The van der Waals surface area contributed by atoms with Gasteiger partial charge in [-0.05, 0) is 41.8 Å². The fraction of sp³-hybridized carbons (Fsp3) is 0.400. The maximum Gasteiger partial charge on any atom is 0.227 e. The lowest BCUT2D eigenvalue weighted by molar-refractivity contribution is 0.271. The average Bonchev–Trinajstić information content (AvgIpc) is 3.62. The quantitative estimate of drug-likeness (QED) is 0.306. The minimum Gasteiger partial charge on any atom is -0.394 e. The van der Waals surface area contributed by atoms with Crippen LogP contribution in [0.3, 0.4) is 0 Å². The Morgan fingerprint density at radius 1 is 1.15 bits per heavy atom. The normalized spacial score (nSPS) is 15.2. The van der Waals surface area contributed by atoms with Crippen molar-refractivity contribution in [2.24, 2.45) is 0 Å². The molecular weight excluding hydrogens is 432 g/mol. The third-order valence-corrected chi connectivity index (χ3v) is 7.32. The summed E-state index contributed by atoms with van der Waals surface area (Å²) in [6.45, 7) is 2.72. The van der Waals surface area contributed by atoms with Crippen LogP contribution in [0.4, 0.5) is 11.8 Å². The van der Waals surface area contributed by atoms with Crippen molar-refractivity contribution in [3.05, 3.63) is 53.7 Å². The van der Waals surface area contributed by atoms with Gasteiger partial charge in [-0.2, -0.15) is 9.97 Å². The molecule has 3 aromatic heterocycles. The fourth-order valence-corrected chi connectivity index (χ4v) is 5.16. The average molecular weight is 463 g/mol. The molecule has 0 spiro atoms. The number of benzene rings is 1. The molecule has 1 unspecified atom stereocenters. The molecule has 172 valence electrons. The van der Waals surface area contributed by atoms with E-state index >= 15 is 0 Å². The maximum absolute atomic E-state index is 9.65. The number of rotatable bonds is 9. The Hall–Kier alpha value is -2.97. The topological polar surface area (TPSA) is 87.9 Å². The Kier molecular flexibility index (Phi) is 6.55. The summed E-state index contributed by atoms with van der Waals surface area (Å²) in [6.07, 6.45) is 7.51. The number of aliphatic hydroxyl groups excluding tert-OH is 1. The molecule has 1 saturated carbocycles. The number of nitrogens with one attached hydrogen (secondary N) is 2. The van der Waals surface area contributed by atoms with Gasteiger partial charge in [0, 0.05) is 17.5 Å². The molecule has 0 aliphatic heterocycles. The highest BCUT2D eigenvalue weighted by Gasteiger charge is 2.22. The van der Waals surface area contributed by atoms with Crippen molar-refractivity contribution in [1.82, 2.24) is 19.5 Å². The molecule has 1 atom stereocenters. The molecule has 0 saturated heterocycles. The van der Waals surface area contributed by atoms with Crippen LogP contribution >= 0.6 is 11.3 Å². The van der Waals surface area contributed by atoms with Crippen LogP contribution in [-0.2, 0) is 6.54 Å². The number of nitrogens with zero attached hydrogens (tertiary/aromatic N) is 4. The van der Waals surface area contributed by atoms with Gasteiger partial charge >= 0.3 is 0 Å². The summed E-state index contributed by atoms with van der Waals surface area (Å²) < 4.78 is 2.20. The van der Waals surface area contributed by atoms with Crippen LogP contribution in [0, 0.1) is 0 Å². The SMILES string of the molecule is CCC(CO)Nc1nc(NCc2ccc(-c3cccs3)cc2)c2ncn(C3CCCC3)c2n1. The van der Waals surface area contributed by atoms with Gasteiger partial charge in [-0.25, -0.2) is 4.98 Å². The van der Waals surface area contributed by atoms with Crippen molar-refractivity contribution in [3.8, 4) is 10.4 Å². The zero-order valence-electron chi connectivity index (χ0n) is 18.9. The lowest BCUT2D eigenvalue weighted by atomic mass is 10.1. The van der Waals surface area contributed by atoms with Gasteiger partial charge in [-0.3, -0.25) is 0 Å². The van der Waals surface area contributed by atoms with E-state index < -0.39 is 0 Å². The van der Waals surface area contributed by atoms with E-state index in [0.29, 0.717) is 18.5 Å². The molecule has 1 aliphatic carbocycles. The van der Waals surface area contributed by atoms with Crippen molar-refractivity contribution in [2.75, 3.05) is 17.2 Å². The van der Waals surface area contributed by atoms with Gasteiger partial charge in [0.1, 0.15) is 0 Å². The smallest absolute Gasteiger partial charge is 0.227 e. The van der Waals surface area contributed by atoms with Gasteiger partial charge in [0.15, 0.2) is 17.0 Å². The van der Waals surface area contributed by atoms with E-state index in [2.05, 4.69) is 62.0 Å². The molecule has 3 heterocycles. The van der Waals surface area contributed by atoms with E-state index in [4.69, 9.17) is 9.97 Å². The first-order chi connectivity index (χ1) is 16.2. The predicted octanol–water partition coefficient (Wildman–Crippen LogP) is 5.46. The van der Waals surface area contributed by atoms with Crippen LogP contribution in [0.15, 0.2) is 48.1 Å². The number of aliphatic hydroxyl groups is 1. The second-order valence-electron chi connectivity index (χ2n) is 8.62. The summed E-state index contributed by atoms with van der Waals surface area (Å²) in [5.41, 5.74) is 4.05. The van der Waals surface area contributed by atoms with Crippen LogP contribution < -0.4 is 10.6 Å². The third kappa shape index (κ3) is 4.72. The summed E-state index contributed by atoms with van der Waals surface area (Å²) in [5.74, 6) is 1.24. The molecule has 3 N–H and O–H groups in total. The van der Waals surface area contributed by atoms with E-state index in [1.807, 2.05) is 13.3 Å². The van der Waals surface area contributed by atoms with Gasteiger partial charge in [0.05, 0.1) is 19.0 Å². The van der Waals surface area contributed by atoms with Crippen molar-refractivity contribution in [1.29, 1.82) is 0 Å². The van der Waals surface area contributed by atoms with Crippen LogP contribution in [-0.4, -0.2) is 37.3 Å². The Labute approximate surface area is 197 Å². The van der Waals surface area contributed by atoms with Gasteiger partial charge in [-0.1, -0.05) is 50.1 Å². The van der Waals surface area contributed by atoms with Gasteiger partial charge < -0.3 is 20.3 Å². The lowest BCUT2D eigenvalue weighted by Crippen LogP contribution is -2.24. The second kappa shape index (κ2) is 9.89. The Bertz CT molecular complexity index is 1180. The maximum atomic E-state index is 9.65. The Morgan fingerprint density at radius 3 is 2.67 bits per heavy atom. The number of aromatic nitrogens is 4. The summed E-state index contributed by atoms with van der Waals surface area (Å²) in [4.78, 5) is 15.5. The largest absolute Gasteiger partial charge is 0.394 e. The van der Waals surface area contributed by atoms with Crippen molar-refractivity contribution in [2.45, 2.75) is 57.7 Å². The second-order valence-corrected chi connectivity index (χ2v) is 9.57. The van der Waals surface area contributed by atoms with E-state index in [1.54, 1.807) is 11.3 Å². The molecule has 8 heteroatoms. The minimum absolute atomic E-state index is 0.0408. The number of imidazole rings is 1. The summed E-state index contributed by atoms with van der Waals surface area (Å²) in [5, 5.41) is 18.5. The highest BCUT2D eigenvalue weighted by Crippen LogP contribution is 2.33. The predicted molar refractivity (Wildman–Crippen MR) is 135 cm³/mol. The van der Waals surface area contributed by atoms with Gasteiger partial charge in [-0.15, -0.1) is 11.3 Å². The molecular formula is C25H30N6OS. The van der Waals surface area contributed by atoms with Crippen molar-refractivity contribution in [3.63, 3.8) is 0 Å². The first kappa shape index (κ1) is 21.9. The third-order valence-electron chi connectivity index (χ3n) is 6.41. The van der Waals surface area contributed by atoms with Crippen molar-refractivity contribution >= 4 is 34.3 Å². The van der Waals surface area contributed by atoms with Crippen LogP contribution in [0.5, 0.6) is 0 Å². The van der Waals surface area contributed by atoms with E-state index in [-0.39, 0.29) is 12.6 Å². The molecule has 0 radical (unpaired) electrons. The molecule has 0 amide bonds. The van der Waals surface area contributed by atoms with Crippen LogP contribution in [0.2, 0.25) is 0 Å². The monoisotopic (exact) mass is 462 g/mol. The van der Waals surface area contributed by atoms with Gasteiger partial charge in [0.25, 0.3) is 0 Å². The van der Waals surface area contributed by atoms with Crippen molar-refractivity contribution < 1.29 is 5.11 Å². The fourth-order valence-electron chi connectivity index (χ4n) is 4.43. The molecule has 0 bridgehead atoms. The van der Waals surface area contributed by atoms with Crippen LogP contribution in [0.1, 0.15) is 50.6 Å². The van der Waals surface area contributed by atoms with E-state index in [1.165, 1.54) is 28.8 Å². The number of fused-ring (bicyclic) bond motifs is 1. The molecule has 1 aromatic carbocycles. The molecule has 1 fully saturated rings. The highest BCUT2D eigenvalue weighted by atomic mass is 32.1. The molecule has 4 aromatic rings. The number of thiophene rings is 1. The Balaban J connectivity index is 1.41. The summed E-state index contributed by atoms with van der Waals surface area (Å²) in [6, 6.07) is 13.2. The molecule has 7 nitrogen and oxygen atoms in total. The first-order valence-corrected chi connectivity index (χ1v) is 12.6. The van der Waals surface area contributed by atoms with Crippen LogP contribution in [0.25, 0.3) is 21.6 Å². The summed E-state index contributed by atoms with van der Waals surface area (Å²) in [7, 11) is 0. The summed E-state index contributed by atoms with van der Waals surface area (Å²) >= 11 is 1.75. The van der Waals surface area contributed by atoms with Gasteiger partial charge in [0.2, 0.25) is 5.95 Å². The zero-order valence-corrected chi connectivity index (χ0v) is 19.7. The molecule has 5 rings (SSSR count). The number of anilines is 2. The number of hydrogen-bond donors (Lipinski definition) is 3. The lowest BCUT2D eigenvalue weighted by Gasteiger charge is -2.17. The number of hydrogen-bond acceptors (Lipinski definition) is 7. The highest BCUT2D eigenvalue weighted by molar-refractivity contribution is 7.13. The minimum atomic E-state index is -0.0806. The standard InChI is InChI=1S/C25H30N6OS/c1-2-19(15-32)28-25-29-23(22-24(30-25)31(16-27-22)20-6-3-4-7-20)26-14-17-9-11-18(12-10-17)21-8-5-13-33-21/h5,8-13,16,19-20,32H,2-4,6-7,14-15H2,1H3,(H2,26,28,29,30). The van der Waals surface area contributed by atoms with E-state index in [0.717, 1.165) is 36.2 Å². The first-order valence-electron chi connectivity index (χ1n) is 11.7.